The van der Waals surface area contributed by atoms with Crippen molar-refractivity contribution in [1.29, 1.82) is 0 Å². The Labute approximate surface area is 183 Å². The molecule has 1 heterocycles. The predicted octanol–water partition coefficient (Wildman–Crippen LogP) is 3.66. The van der Waals surface area contributed by atoms with Crippen molar-refractivity contribution >= 4 is 21.6 Å². The second kappa shape index (κ2) is 8.30. The van der Waals surface area contributed by atoms with Gasteiger partial charge < -0.3 is 9.84 Å². The highest BCUT2D eigenvalue weighted by atomic mass is 32.2. The number of carbonyl (C=O) groups is 1. The number of aromatic nitrogens is 2. The summed E-state index contributed by atoms with van der Waals surface area (Å²) in [4.78, 5) is 16.7. The first-order chi connectivity index (χ1) is 15.2. The molecule has 1 aliphatic carbocycles. The van der Waals surface area contributed by atoms with E-state index in [1.54, 1.807) is 6.92 Å². The Balaban J connectivity index is 1.49. The number of halogens is 2. The molecule has 8 nitrogen and oxygen atoms in total. The summed E-state index contributed by atoms with van der Waals surface area (Å²) in [5.74, 6) is -1.91. The van der Waals surface area contributed by atoms with Gasteiger partial charge in [-0.05, 0) is 55.3 Å². The van der Waals surface area contributed by atoms with Crippen LogP contribution in [0.1, 0.15) is 47.8 Å². The van der Waals surface area contributed by atoms with Gasteiger partial charge in [0.05, 0.1) is 4.90 Å². The number of nitrogens with one attached hydrogen (secondary N) is 2. The third-order valence-electron chi connectivity index (χ3n) is 5.37. The summed E-state index contributed by atoms with van der Waals surface area (Å²) in [5, 5.41) is 6.99. The highest BCUT2D eigenvalue weighted by Crippen LogP contribution is 2.37. The van der Waals surface area contributed by atoms with Gasteiger partial charge in [0.25, 0.3) is 15.9 Å². The van der Waals surface area contributed by atoms with E-state index in [9.17, 15) is 22.0 Å². The number of benzene rings is 2. The van der Waals surface area contributed by atoms with Gasteiger partial charge in [0.15, 0.2) is 17.5 Å². The van der Waals surface area contributed by atoms with E-state index >= 15 is 0 Å². The number of sulfonamides is 1. The molecule has 0 radical (unpaired) electrons. The molecule has 1 saturated carbocycles. The van der Waals surface area contributed by atoms with E-state index in [2.05, 4.69) is 20.2 Å². The minimum absolute atomic E-state index is 0.163. The average molecular weight is 462 g/mol. The third kappa shape index (κ3) is 4.33. The maximum atomic E-state index is 13.4. The summed E-state index contributed by atoms with van der Waals surface area (Å²) in [6.45, 7) is 1.68. The van der Waals surface area contributed by atoms with Gasteiger partial charge in [-0.25, -0.2) is 17.2 Å². The largest absolute Gasteiger partial charge is 0.340 e. The Bertz CT molecular complexity index is 1250. The quantitative estimate of drug-likeness (QED) is 0.578. The van der Waals surface area contributed by atoms with E-state index in [0.717, 1.165) is 25.0 Å². The fourth-order valence-electron chi connectivity index (χ4n) is 3.71. The lowest BCUT2D eigenvalue weighted by atomic mass is 9.96. The average Bonchev–Trinajstić information content (AvgIpc) is 3.40. The number of aryl methyl sites for hydroxylation is 1. The minimum Gasteiger partial charge on any atom is -0.340 e. The van der Waals surface area contributed by atoms with E-state index in [1.165, 1.54) is 24.3 Å². The van der Waals surface area contributed by atoms with Gasteiger partial charge in [-0.15, -0.1) is 0 Å². The Hall–Kier alpha value is -3.34. The van der Waals surface area contributed by atoms with E-state index in [1.807, 2.05) is 0 Å². The van der Waals surface area contributed by atoms with Crippen LogP contribution in [0, 0.1) is 18.6 Å². The topological polar surface area (TPSA) is 114 Å². The molecular formula is C21H20F2N4O4S. The molecule has 1 fully saturated rings. The van der Waals surface area contributed by atoms with Crippen molar-refractivity contribution in [3.63, 3.8) is 0 Å². The first kappa shape index (κ1) is 21.9. The molecule has 4 rings (SSSR count). The first-order valence-electron chi connectivity index (χ1n) is 9.90. The number of hydrogen-bond acceptors (Lipinski definition) is 6. The molecule has 0 aliphatic heterocycles. The van der Waals surface area contributed by atoms with Crippen LogP contribution < -0.4 is 10.0 Å². The molecule has 0 spiro atoms. The number of carbonyl (C=O) groups excluding carboxylic acids is 1. The molecule has 1 aromatic heterocycles. The van der Waals surface area contributed by atoms with Crippen LogP contribution in [-0.4, -0.2) is 24.5 Å². The second-order valence-corrected chi connectivity index (χ2v) is 9.32. The molecule has 1 aliphatic rings. The van der Waals surface area contributed by atoms with Crippen molar-refractivity contribution in [2.24, 2.45) is 0 Å². The van der Waals surface area contributed by atoms with Gasteiger partial charge in [0.1, 0.15) is 5.54 Å². The first-order valence-corrected chi connectivity index (χ1v) is 11.4. The molecular weight excluding hydrogens is 442 g/mol. The highest BCUT2D eigenvalue weighted by Gasteiger charge is 2.41. The van der Waals surface area contributed by atoms with Gasteiger partial charge in [-0.1, -0.05) is 18.0 Å². The Kier molecular flexibility index (Phi) is 5.68. The van der Waals surface area contributed by atoms with E-state index in [0.29, 0.717) is 36.2 Å². The predicted molar refractivity (Wildman–Crippen MR) is 110 cm³/mol. The van der Waals surface area contributed by atoms with Crippen LogP contribution in [0.4, 0.5) is 14.5 Å². The van der Waals surface area contributed by atoms with Crippen molar-refractivity contribution in [1.82, 2.24) is 15.5 Å². The van der Waals surface area contributed by atoms with E-state index in [-0.39, 0.29) is 11.6 Å². The lowest BCUT2D eigenvalue weighted by Crippen LogP contribution is -2.44. The molecule has 2 N–H and O–H groups in total. The molecule has 2 aromatic carbocycles. The fourth-order valence-corrected chi connectivity index (χ4v) is 4.78. The second-order valence-electron chi connectivity index (χ2n) is 7.64. The molecule has 0 atom stereocenters. The zero-order chi connectivity index (χ0) is 22.9. The lowest BCUT2D eigenvalue weighted by molar-refractivity contribution is 0.0892. The van der Waals surface area contributed by atoms with E-state index < -0.39 is 32.1 Å². The summed E-state index contributed by atoms with van der Waals surface area (Å²) < 4.78 is 58.6. The molecule has 0 bridgehead atoms. The summed E-state index contributed by atoms with van der Waals surface area (Å²) in [5.41, 5.74) is -0.232. The fraction of sp³-hybridized carbons (Fsp3) is 0.286. The van der Waals surface area contributed by atoms with Crippen LogP contribution in [0.3, 0.4) is 0 Å². The molecule has 0 unspecified atom stereocenters. The van der Waals surface area contributed by atoms with E-state index in [4.69, 9.17) is 4.52 Å². The SMILES string of the molecule is Cc1nc(C2(NC(=O)c3ccc(NS(=O)(=O)c4ccc(F)c(F)c4)cc3)CCCC2)no1. The number of anilines is 1. The summed E-state index contributed by atoms with van der Waals surface area (Å²) in [7, 11) is -4.13. The monoisotopic (exact) mass is 462 g/mol. The van der Waals surface area contributed by atoms with Gasteiger partial charge in [0, 0.05) is 18.2 Å². The number of nitrogens with zero attached hydrogens (tertiary/aromatic N) is 2. The van der Waals surface area contributed by atoms with Crippen molar-refractivity contribution in [2.75, 3.05) is 4.72 Å². The van der Waals surface area contributed by atoms with Crippen LogP contribution in [-0.2, 0) is 15.6 Å². The molecule has 1 amide bonds. The zero-order valence-electron chi connectivity index (χ0n) is 17.1. The standard InChI is InChI=1S/C21H20F2N4O4S/c1-13-24-20(26-31-13)21(10-2-3-11-21)25-19(28)14-4-6-15(7-5-14)27-32(29,30)16-8-9-17(22)18(23)12-16/h4-9,12,27H,2-3,10-11H2,1H3,(H,25,28). The van der Waals surface area contributed by atoms with Crippen LogP contribution >= 0.6 is 0 Å². The normalized spacial score (nSPS) is 15.5. The van der Waals surface area contributed by atoms with Gasteiger partial charge in [0.2, 0.25) is 5.89 Å². The van der Waals surface area contributed by atoms with Crippen molar-refractivity contribution in [2.45, 2.75) is 43.0 Å². The Morgan fingerprint density at radius 2 is 1.75 bits per heavy atom. The lowest BCUT2D eigenvalue weighted by Gasteiger charge is -2.26. The zero-order valence-corrected chi connectivity index (χ0v) is 17.9. The maximum absolute atomic E-state index is 13.4. The molecule has 3 aromatic rings. The third-order valence-corrected chi connectivity index (χ3v) is 6.75. The van der Waals surface area contributed by atoms with Gasteiger partial charge in [-0.3, -0.25) is 9.52 Å². The molecule has 11 heteroatoms. The summed E-state index contributed by atoms with van der Waals surface area (Å²) >= 11 is 0. The molecule has 168 valence electrons. The van der Waals surface area contributed by atoms with Crippen LogP contribution in [0.2, 0.25) is 0 Å². The van der Waals surface area contributed by atoms with Crippen LogP contribution in [0.25, 0.3) is 0 Å². The number of amides is 1. The van der Waals surface area contributed by atoms with Crippen molar-refractivity contribution < 1.29 is 26.5 Å². The molecule has 0 saturated heterocycles. The van der Waals surface area contributed by atoms with Crippen molar-refractivity contribution in [3.05, 3.63) is 71.4 Å². The maximum Gasteiger partial charge on any atom is 0.261 e. The van der Waals surface area contributed by atoms with Crippen LogP contribution in [0.15, 0.2) is 51.9 Å². The highest BCUT2D eigenvalue weighted by molar-refractivity contribution is 7.92. The minimum atomic E-state index is -4.13. The van der Waals surface area contributed by atoms with Gasteiger partial charge in [-0.2, -0.15) is 4.98 Å². The Morgan fingerprint density at radius 3 is 2.34 bits per heavy atom. The van der Waals surface area contributed by atoms with Crippen molar-refractivity contribution in [3.8, 4) is 0 Å². The van der Waals surface area contributed by atoms with Crippen LogP contribution in [0.5, 0.6) is 0 Å². The Morgan fingerprint density at radius 1 is 1.06 bits per heavy atom. The summed E-state index contributed by atoms with van der Waals surface area (Å²) in [6.07, 6.45) is 3.20. The smallest absolute Gasteiger partial charge is 0.261 e. The van der Waals surface area contributed by atoms with Gasteiger partial charge >= 0.3 is 0 Å². The number of hydrogen-bond donors (Lipinski definition) is 2. The molecule has 32 heavy (non-hydrogen) atoms. The summed E-state index contributed by atoms with van der Waals surface area (Å²) in [6, 6.07) is 8.04. The number of rotatable bonds is 6.